The second-order valence-corrected chi connectivity index (χ2v) is 10.0. The predicted molar refractivity (Wildman–Crippen MR) is 123 cm³/mol. The van der Waals surface area contributed by atoms with Crippen LogP contribution in [0.4, 0.5) is 10.1 Å². The Morgan fingerprint density at radius 3 is 2.19 bits per heavy atom. The number of nitrogens with zero attached hydrogens (tertiary/aromatic N) is 2. The van der Waals surface area contributed by atoms with Gasteiger partial charge in [0.15, 0.2) is 0 Å². The Hall–Kier alpha value is -2.65. The largest absolute Gasteiger partial charge is 0.352 e. The molecular weight excluding hydrogens is 457 g/mol. The monoisotopic (exact) mass is 483 g/mol. The Balaban J connectivity index is 2.39. The number of benzene rings is 2. The molecule has 1 unspecified atom stereocenters. The molecule has 10 heteroatoms. The van der Waals surface area contributed by atoms with Crippen LogP contribution in [0, 0.1) is 5.82 Å². The molecule has 0 aromatic heterocycles. The van der Waals surface area contributed by atoms with Crippen molar-refractivity contribution in [3.05, 3.63) is 64.9 Å². The van der Waals surface area contributed by atoms with Gasteiger partial charge < -0.3 is 10.2 Å². The molecule has 0 radical (unpaired) electrons. The summed E-state index contributed by atoms with van der Waals surface area (Å²) >= 11 is 6.17. The first kappa shape index (κ1) is 25.6. The van der Waals surface area contributed by atoms with Crippen LogP contribution in [0.15, 0.2) is 48.5 Å². The van der Waals surface area contributed by atoms with Crippen molar-refractivity contribution in [1.29, 1.82) is 0 Å². The number of rotatable bonds is 9. The Morgan fingerprint density at radius 2 is 1.66 bits per heavy atom. The van der Waals surface area contributed by atoms with Crippen molar-refractivity contribution >= 4 is 39.1 Å². The molecule has 2 amide bonds. The number of halogens is 2. The van der Waals surface area contributed by atoms with Gasteiger partial charge in [-0.25, -0.2) is 12.8 Å². The van der Waals surface area contributed by atoms with Crippen molar-refractivity contribution in [2.45, 2.75) is 39.4 Å². The Bertz CT molecular complexity index is 1060. The summed E-state index contributed by atoms with van der Waals surface area (Å²) in [5.74, 6) is -1.43. The lowest BCUT2D eigenvalue weighted by Gasteiger charge is -2.32. The van der Waals surface area contributed by atoms with E-state index < -0.39 is 34.3 Å². The van der Waals surface area contributed by atoms with Crippen LogP contribution < -0.4 is 9.62 Å². The maximum Gasteiger partial charge on any atom is 0.244 e. The summed E-state index contributed by atoms with van der Waals surface area (Å²) in [6, 6.07) is 10.7. The Morgan fingerprint density at radius 1 is 1.06 bits per heavy atom. The molecule has 0 saturated heterocycles. The highest BCUT2D eigenvalue weighted by atomic mass is 35.5. The molecule has 0 saturated carbocycles. The van der Waals surface area contributed by atoms with Crippen LogP contribution in [-0.4, -0.2) is 50.0 Å². The van der Waals surface area contributed by atoms with E-state index in [0.29, 0.717) is 5.56 Å². The van der Waals surface area contributed by atoms with Gasteiger partial charge in [-0.05, 0) is 50.6 Å². The van der Waals surface area contributed by atoms with Crippen molar-refractivity contribution < 1.29 is 22.4 Å². The van der Waals surface area contributed by atoms with E-state index in [9.17, 15) is 22.4 Å². The van der Waals surface area contributed by atoms with Crippen molar-refractivity contribution in [1.82, 2.24) is 10.2 Å². The lowest BCUT2D eigenvalue weighted by molar-refractivity contribution is -0.139. The SMILES string of the molecule is CC(C)NC(=O)C(C)N(Cc1ccc(F)cc1)C(=O)CN(c1ccccc1Cl)S(C)(=O)=O. The van der Waals surface area contributed by atoms with E-state index in [-0.39, 0.29) is 29.2 Å². The van der Waals surface area contributed by atoms with Gasteiger partial charge in [0.05, 0.1) is 17.0 Å². The van der Waals surface area contributed by atoms with Gasteiger partial charge in [-0.2, -0.15) is 0 Å². The van der Waals surface area contributed by atoms with E-state index in [1.54, 1.807) is 32.9 Å². The molecule has 2 aromatic rings. The lowest BCUT2D eigenvalue weighted by Crippen LogP contribution is -2.52. The maximum absolute atomic E-state index is 13.3. The minimum atomic E-state index is -3.86. The lowest BCUT2D eigenvalue weighted by atomic mass is 10.1. The summed E-state index contributed by atoms with van der Waals surface area (Å²) in [5, 5.41) is 2.92. The van der Waals surface area contributed by atoms with E-state index >= 15 is 0 Å². The zero-order chi connectivity index (χ0) is 24.1. The average Bonchev–Trinajstić information content (AvgIpc) is 2.70. The van der Waals surface area contributed by atoms with E-state index in [0.717, 1.165) is 10.6 Å². The zero-order valence-corrected chi connectivity index (χ0v) is 20.0. The minimum absolute atomic E-state index is 0.00802. The quantitative estimate of drug-likeness (QED) is 0.593. The predicted octanol–water partition coefficient (Wildman–Crippen LogP) is 3.19. The van der Waals surface area contributed by atoms with E-state index in [1.807, 2.05) is 0 Å². The second-order valence-electron chi connectivity index (χ2n) is 7.71. The summed E-state index contributed by atoms with van der Waals surface area (Å²) in [4.78, 5) is 27.2. The van der Waals surface area contributed by atoms with Crippen molar-refractivity contribution in [2.75, 3.05) is 17.1 Å². The summed E-state index contributed by atoms with van der Waals surface area (Å²) in [7, 11) is -3.86. The molecule has 7 nitrogen and oxygen atoms in total. The van der Waals surface area contributed by atoms with Crippen molar-refractivity contribution in [3.63, 3.8) is 0 Å². The van der Waals surface area contributed by atoms with Crippen LogP contribution in [0.1, 0.15) is 26.3 Å². The topological polar surface area (TPSA) is 86.8 Å². The van der Waals surface area contributed by atoms with Gasteiger partial charge in [-0.1, -0.05) is 35.9 Å². The third-order valence-corrected chi connectivity index (χ3v) is 6.11. The van der Waals surface area contributed by atoms with Crippen LogP contribution in [-0.2, 0) is 26.2 Å². The maximum atomic E-state index is 13.3. The standard InChI is InChI=1S/C22H27ClFN3O4S/c1-15(2)25-22(29)16(3)26(13-17-9-11-18(24)12-10-17)21(28)14-27(32(4,30)31)20-8-6-5-7-19(20)23/h5-12,15-16H,13-14H2,1-4H3,(H,25,29). The zero-order valence-electron chi connectivity index (χ0n) is 18.4. The highest BCUT2D eigenvalue weighted by Crippen LogP contribution is 2.27. The molecule has 0 aliphatic heterocycles. The second kappa shape index (κ2) is 10.8. The highest BCUT2D eigenvalue weighted by Gasteiger charge is 2.30. The van der Waals surface area contributed by atoms with Crippen molar-refractivity contribution in [3.8, 4) is 0 Å². The third-order valence-electron chi connectivity index (χ3n) is 4.66. The Labute approximate surface area is 193 Å². The fourth-order valence-electron chi connectivity index (χ4n) is 3.02. The Kier molecular flexibility index (Phi) is 8.63. The fourth-order valence-corrected chi connectivity index (χ4v) is 4.17. The number of nitrogens with one attached hydrogen (secondary N) is 1. The number of para-hydroxylation sites is 1. The highest BCUT2D eigenvalue weighted by molar-refractivity contribution is 7.92. The molecule has 0 heterocycles. The molecule has 0 aliphatic rings. The van der Waals surface area contributed by atoms with Gasteiger partial charge in [-0.15, -0.1) is 0 Å². The van der Waals surface area contributed by atoms with Gasteiger partial charge in [0.25, 0.3) is 0 Å². The van der Waals surface area contributed by atoms with E-state index in [2.05, 4.69) is 5.32 Å². The first-order valence-corrected chi connectivity index (χ1v) is 12.2. The molecule has 174 valence electrons. The number of carbonyl (C=O) groups is 2. The number of hydrogen-bond acceptors (Lipinski definition) is 4. The van der Waals surface area contributed by atoms with Crippen LogP contribution >= 0.6 is 11.6 Å². The molecule has 0 fully saturated rings. The van der Waals surface area contributed by atoms with E-state index in [1.165, 1.54) is 41.3 Å². The molecule has 0 aliphatic carbocycles. The first-order valence-electron chi connectivity index (χ1n) is 9.96. The summed E-state index contributed by atoms with van der Waals surface area (Å²) in [6.45, 7) is 4.58. The van der Waals surface area contributed by atoms with Crippen molar-refractivity contribution in [2.24, 2.45) is 0 Å². The fraction of sp³-hybridized carbons (Fsp3) is 0.364. The van der Waals surface area contributed by atoms with E-state index in [4.69, 9.17) is 11.6 Å². The van der Waals surface area contributed by atoms with Crippen LogP contribution in [0.2, 0.25) is 5.02 Å². The number of hydrogen-bond donors (Lipinski definition) is 1. The molecule has 2 aromatic carbocycles. The summed E-state index contributed by atoms with van der Waals surface area (Å²) < 4.78 is 39.1. The van der Waals surface area contributed by atoms with Crippen LogP contribution in [0.5, 0.6) is 0 Å². The normalized spacial score (nSPS) is 12.3. The van der Waals surface area contributed by atoms with Gasteiger partial charge >= 0.3 is 0 Å². The molecule has 1 atom stereocenters. The molecule has 1 N–H and O–H groups in total. The number of amides is 2. The van der Waals surface area contributed by atoms with Gasteiger partial charge in [-0.3, -0.25) is 13.9 Å². The van der Waals surface area contributed by atoms with Gasteiger partial charge in [0.2, 0.25) is 21.8 Å². The molecular formula is C22H27ClFN3O4S. The van der Waals surface area contributed by atoms with Crippen LogP contribution in [0.3, 0.4) is 0 Å². The van der Waals surface area contributed by atoms with Gasteiger partial charge in [0, 0.05) is 12.6 Å². The molecule has 32 heavy (non-hydrogen) atoms. The van der Waals surface area contributed by atoms with Crippen LogP contribution in [0.25, 0.3) is 0 Å². The minimum Gasteiger partial charge on any atom is -0.352 e. The molecule has 0 bridgehead atoms. The average molecular weight is 484 g/mol. The summed E-state index contributed by atoms with van der Waals surface area (Å²) in [5.41, 5.74) is 0.749. The number of carbonyl (C=O) groups excluding carboxylic acids is 2. The number of sulfonamides is 1. The number of anilines is 1. The smallest absolute Gasteiger partial charge is 0.244 e. The third kappa shape index (κ3) is 6.93. The van der Waals surface area contributed by atoms with Gasteiger partial charge in [0.1, 0.15) is 18.4 Å². The molecule has 2 rings (SSSR count). The summed E-state index contributed by atoms with van der Waals surface area (Å²) in [6.07, 6.45) is 0.975. The molecule has 0 spiro atoms. The first-order chi connectivity index (χ1) is 14.9.